The van der Waals surface area contributed by atoms with E-state index in [1.54, 1.807) is 0 Å². The fourth-order valence-electron chi connectivity index (χ4n) is 2.41. The van der Waals surface area contributed by atoms with Gasteiger partial charge in [0, 0.05) is 21.9 Å². The largest absolute Gasteiger partial charge is 0.329 e. The topological polar surface area (TPSA) is 22.0 Å². The lowest BCUT2D eigenvalue weighted by Crippen LogP contribution is -1.94. The Morgan fingerprint density at radius 1 is 1.11 bits per heavy atom. The zero-order chi connectivity index (χ0) is 12.5. The van der Waals surface area contributed by atoms with E-state index in [9.17, 15) is 4.79 Å². The second-order valence-corrected chi connectivity index (χ2v) is 4.20. The molecule has 2 nitrogen and oxygen atoms in total. The van der Waals surface area contributed by atoms with Gasteiger partial charge in [-0.25, -0.2) is 0 Å². The van der Waals surface area contributed by atoms with E-state index in [0.717, 1.165) is 28.1 Å². The fourth-order valence-corrected chi connectivity index (χ4v) is 2.41. The molecule has 86 valence electrons. The summed E-state index contributed by atoms with van der Waals surface area (Å²) < 4.78 is 2.10. The molecular formula is C16H11NO. The van der Waals surface area contributed by atoms with Crippen molar-refractivity contribution in [3.05, 3.63) is 48.0 Å². The predicted octanol–water partition coefficient (Wildman–Crippen LogP) is 3.24. The molecule has 2 heteroatoms. The average molecular weight is 233 g/mol. The molecule has 0 unspecified atom stereocenters. The van der Waals surface area contributed by atoms with Crippen LogP contribution in [0.5, 0.6) is 0 Å². The standard InChI is InChI=1S/C16H11NO/c1-2-9-17-15-6-4-3-5-13(15)14-10-12(11-18)7-8-16(14)17/h1,3-8,10-11H,9H2. The minimum absolute atomic E-state index is 0.532. The van der Waals surface area contributed by atoms with Crippen molar-refractivity contribution in [2.24, 2.45) is 0 Å². The van der Waals surface area contributed by atoms with E-state index < -0.39 is 0 Å². The van der Waals surface area contributed by atoms with Gasteiger partial charge in [-0.15, -0.1) is 6.42 Å². The zero-order valence-corrected chi connectivity index (χ0v) is 9.76. The molecule has 0 radical (unpaired) electrons. The van der Waals surface area contributed by atoms with Gasteiger partial charge in [0.15, 0.2) is 0 Å². The molecule has 0 aliphatic rings. The van der Waals surface area contributed by atoms with E-state index >= 15 is 0 Å². The van der Waals surface area contributed by atoms with Crippen LogP contribution in [0.4, 0.5) is 0 Å². The molecule has 0 N–H and O–H groups in total. The summed E-state index contributed by atoms with van der Waals surface area (Å²) >= 11 is 0. The second kappa shape index (κ2) is 4.05. The third-order valence-electron chi connectivity index (χ3n) is 3.18. The zero-order valence-electron chi connectivity index (χ0n) is 9.76. The van der Waals surface area contributed by atoms with Crippen LogP contribution >= 0.6 is 0 Å². The van der Waals surface area contributed by atoms with Crippen molar-refractivity contribution in [1.29, 1.82) is 0 Å². The molecule has 0 saturated carbocycles. The maximum absolute atomic E-state index is 10.9. The van der Waals surface area contributed by atoms with Crippen LogP contribution in [0.2, 0.25) is 0 Å². The van der Waals surface area contributed by atoms with Crippen LogP contribution in [-0.2, 0) is 6.54 Å². The van der Waals surface area contributed by atoms with E-state index in [2.05, 4.69) is 16.6 Å². The summed E-state index contributed by atoms with van der Waals surface area (Å²) in [6.45, 7) is 0.532. The molecule has 1 heterocycles. The molecule has 0 spiro atoms. The normalized spacial score (nSPS) is 10.6. The lowest BCUT2D eigenvalue weighted by Gasteiger charge is -2.01. The smallest absolute Gasteiger partial charge is 0.150 e. The van der Waals surface area contributed by atoms with Crippen LogP contribution in [0.25, 0.3) is 21.8 Å². The number of aldehydes is 1. The molecular weight excluding hydrogens is 222 g/mol. The van der Waals surface area contributed by atoms with Gasteiger partial charge >= 0.3 is 0 Å². The van der Waals surface area contributed by atoms with Crippen molar-refractivity contribution in [3.63, 3.8) is 0 Å². The Morgan fingerprint density at radius 2 is 1.89 bits per heavy atom. The third kappa shape index (κ3) is 1.42. The number of hydrogen-bond donors (Lipinski definition) is 0. The molecule has 0 saturated heterocycles. The van der Waals surface area contributed by atoms with Crippen molar-refractivity contribution < 1.29 is 4.79 Å². The summed E-state index contributed by atoms with van der Waals surface area (Å²) in [5, 5.41) is 2.21. The van der Waals surface area contributed by atoms with Gasteiger partial charge in [0.05, 0.1) is 12.1 Å². The number of rotatable bonds is 2. The predicted molar refractivity (Wildman–Crippen MR) is 73.7 cm³/mol. The molecule has 0 aliphatic heterocycles. The summed E-state index contributed by atoms with van der Waals surface area (Å²) in [6.07, 6.45) is 6.30. The first-order valence-electron chi connectivity index (χ1n) is 5.75. The fraction of sp³-hybridized carbons (Fsp3) is 0.0625. The Morgan fingerprint density at radius 3 is 2.67 bits per heavy atom. The number of hydrogen-bond acceptors (Lipinski definition) is 1. The Labute approximate surface area is 105 Å². The SMILES string of the molecule is C#CCn1c2ccccc2c2cc(C=O)ccc21. The molecule has 0 bridgehead atoms. The Balaban J connectivity index is 2.50. The van der Waals surface area contributed by atoms with Gasteiger partial charge in [-0.05, 0) is 24.3 Å². The summed E-state index contributed by atoms with van der Waals surface area (Å²) in [4.78, 5) is 10.9. The van der Waals surface area contributed by atoms with Crippen molar-refractivity contribution >= 4 is 28.1 Å². The van der Waals surface area contributed by atoms with Crippen LogP contribution in [0, 0.1) is 12.3 Å². The second-order valence-electron chi connectivity index (χ2n) is 4.20. The van der Waals surface area contributed by atoms with Gasteiger partial charge in [-0.2, -0.15) is 0 Å². The number of fused-ring (bicyclic) bond motifs is 3. The number of carbonyl (C=O) groups excluding carboxylic acids is 1. The summed E-state index contributed by atoms with van der Waals surface area (Å²) in [5.41, 5.74) is 2.86. The van der Waals surface area contributed by atoms with Crippen LogP contribution < -0.4 is 0 Å². The molecule has 0 fully saturated rings. The minimum atomic E-state index is 0.532. The highest BCUT2D eigenvalue weighted by molar-refractivity contribution is 6.09. The molecule has 2 aromatic carbocycles. The first-order chi connectivity index (χ1) is 8.85. The van der Waals surface area contributed by atoms with Crippen LogP contribution in [0.1, 0.15) is 10.4 Å². The van der Waals surface area contributed by atoms with Gasteiger partial charge in [0.1, 0.15) is 6.29 Å². The van der Waals surface area contributed by atoms with E-state index in [4.69, 9.17) is 6.42 Å². The van der Waals surface area contributed by atoms with Crippen molar-refractivity contribution in [2.45, 2.75) is 6.54 Å². The maximum atomic E-state index is 10.9. The quantitative estimate of drug-likeness (QED) is 0.492. The molecule has 3 aromatic rings. The Bertz CT molecular complexity index is 790. The lowest BCUT2D eigenvalue weighted by atomic mass is 10.1. The monoisotopic (exact) mass is 233 g/mol. The average Bonchev–Trinajstić information content (AvgIpc) is 2.74. The number of para-hydroxylation sites is 1. The molecule has 18 heavy (non-hydrogen) atoms. The van der Waals surface area contributed by atoms with E-state index in [-0.39, 0.29) is 0 Å². The van der Waals surface area contributed by atoms with Gasteiger partial charge in [-0.1, -0.05) is 24.1 Å². The maximum Gasteiger partial charge on any atom is 0.150 e. The summed E-state index contributed by atoms with van der Waals surface area (Å²) in [7, 11) is 0. The molecule has 0 atom stereocenters. The lowest BCUT2D eigenvalue weighted by molar-refractivity contribution is 0.112. The third-order valence-corrected chi connectivity index (χ3v) is 3.18. The summed E-state index contributed by atoms with van der Waals surface area (Å²) in [5.74, 6) is 2.68. The minimum Gasteiger partial charge on any atom is -0.329 e. The Kier molecular flexibility index (Phi) is 2.39. The van der Waals surface area contributed by atoms with Gasteiger partial charge in [0.2, 0.25) is 0 Å². The highest BCUT2D eigenvalue weighted by Crippen LogP contribution is 2.29. The van der Waals surface area contributed by atoms with Gasteiger partial charge < -0.3 is 4.57 Å². The highest BCUT2D eigenvalue weighted by Gasteiger charge is 2.09. The van der Waals surface area contributed by atoms with Crippen molar-refractivity contribution in [2.75, 3.05) is 0 Å². The number of nitrogens with zero attached hydrogens (tertiary/aromatic N) is 1. The Hall–Kier alpha value is -2.53. The molecule has 3 rings (SSSR count). The number of carbonyl (C=O) groups is 1. The van der Waals surface area contributed by atoms with Crippen LogP contribution in [-0.4, -0.2) is 10.9 Å². The summed E-state index contributed by atoms with van der Waals surface area (Å²) in [6, 6.07) is 13.8. The first kappa shape index (κ1) is 10.6. The van der Waals surface area contributed by atoms with Gasteiger partial charge in [0.25, 0.3) is 0 Å². The first-order valence-corrected chi connectivity index (χ1v) is 5.75. The van der Waals surface area contributed by atoms with Crippen LogP contribution in [0.3, 0.4) is 0 Å². The molecule has 1 aromatic heterocycles. The van der Waals surface area contributed by atoms with Gasteiger partial charge in [-0.3, -0.25) is 4.79 Å². The highest BCUT2D eigenvalue weighted by atomic mass is 16.1. The van der Waals surface area contributed by atoms with Crippen molar-refractivity contribution in [3.8, 4) is 12.3 Å². The number of terminal acetylenes is 1. The van der Waals surface area contributed by atoms with E-state index in [1.807, 2.05) is 36.4 Å². The van der Waals surface area contributed by atoms with E-state index in [0.29, 0.717) is 12.1 Å². The molecule has 0 amide bonds. The number of benzene rings is 2. The van der Waals surface area contributed by atoms with Crippen LogP contribution in [0.15, 0.2) is 42.5 Å². The number of aromatic nitrogens is 1. The van der Waals surface area contributed by atoms with E-state index in [1.165, 1.54) is 0 Å². The molecule has 0 aliphatic carbocycles. The van der Waals surface area contributed by atoms with Crippen molar-refractivity contribution in [1.82, 2.24) is 4.57 Å².